The van der Waals surface area contributed by atoms with Gasteiger partial charge in [-0.25, -0.2) is 0 Å². The van der Waals surface area contributed by atoms with Crippen molar-refractivity contribution in [2.24, 2.45) is 5.92 Å². The van der Waals surface area contributed by atoms with Crippen LogP contribution in [0.15, 0.2) is 0 Å². The van der Waals surface area contributed by atoms with E-state index in [1.165, 1.54) is 103 Å². The molecule has 0 heterocycles. The lowest BCUT2D eigenvalue weighted by molar-refractivity contribution is -0.873. The molecule has 1 unspecified atom stereocenters. The first-order valence-corrected chi connectivity index (χ1v) is 15.3. The molecular formula is C31H61NO4. The van der Waals surface area contributed by atoms with Crippen LogP contribution in [0.5, 0.6) is 0 Å². The Bertz CT molecular complexity index is 527. The smallest absolute Gasteiger partial charge is 0.306 e. The Morgan fingerprint density at radius 3 is 1.33 bits per heavy atom. The average molecular weight is 512 g/mol. The van der Waals surface area contributed by atoms with E-state index >= 15 is 0 Å². The third-order valence-corrected chi connectivity index (χ3v) is 6.86. The molecule has 0 aromatic rings. The summed E-state index contributed by atoms with van der Waals surface area (Å²) in [5.41, 5.74) is 0. The minimum Gasteiger partial charge on any atom is -0.550 e. The van der Waals surface area contributed by atoms with Crippen LogP contribution < -0.4 is 5.11 Å². The number of hydrogen-bond acceptors (Lipinski definition) is 4. The van der Waals surface area contributed by atoms with Crippen LogP contribution in [0.3, 0.4) is 0 Å². The van der Waals surface area contributed by atoms with Gasteiger partial charge in [0.25, 0.3) is 0 Å². The molecule has 0 aliphatic rings. The van der Waals surface area contributed by atoms with Crippen LogP contribution >= 0.6 is 0 Å². The molecule has 0 aliphatic heterocycles. The zero-order valence-corrected chi connectivity index (χ0v) is 24.8. The van der Waals surface area contributed by atoms with Crippen molar-refractivity contribution in [2.75, 3.05) is 27.7 Å². The number of aliphatic carboxylic acids is 1. The molecule has 0 saturated carbocycles. The standard InChI is InChI=1S/C31H61NO4/c1-28(2)24-22-20-18-16-14-12-10-8-6-7-9-11-13-15-17-19-21-23-25-31(35)36-29(26-30(33)34)27-32(3,4)5/h28-29H,6-27H2,1-5H3. The van der Waals surface area contributed by atoms with Crippen molar-refractivity contribution >= 4 is 11.9 Å². The first-order valence-electron chi connectivity index (χ1n) is 15.3. The number of rotatable bonds is 26. The highest BCUT2D eigenvalue weighted by atomic mass is 16.5. The Hall–Kier alpha value is -1.10. The van der Waals surface area contributed by atoms with E-state index in [1.54, 1.807) is 0 Å². The molecular weight excluding hydrogens is 450 g/mol. The highest BCUT2D eigenvalue weighted by molar-refractivity contribution is 5.70. The summed E-state index contributed by atoms with van der Waals surface area (Å²) in [5, 5.41) is 10.9. The van der Waals surface area contributed by atoms with Gasteiger partial charge in [0, 0.05) is 18.8 Å². The van der Waals surface area contributed by atoms with Crippen LogP contribution in [-0.4, -0.2) is 50.2 Å². The lowest BCUT2D eigenvalue weighted by Gasteiger charge is -2.29. The number of ether oxygens (including phenoxy) is 1. The minimum atomic E-state index is -1.17. The van der Waals surface area contributed by atoms with E-state index in [4.69, 9.17) is 4.74 Å². The molecule has 5 nitrogen and oxygen atoms in total. The number of hydrogen-bond donors (Lipinski definition) is 0. The third kappa shape index (κ3) is 27.5. The second-order valence-electron chi connectivity index (χ2n) is 12.5. The maximum absolute atomic E-state index is 12.1. The zero-order valence-electron chi connectivity index (χ0n) is 24.8. The van der Waals surface area contributed by atoms with Gasteiger partial charge in [-0.1, -0.05) is 129 Å². The monoisotopic (exact) mass is 511 g/mol. The van der Waals surface area contributed by atoms with Crippen molar-refractivity contribution < 1.29 is 23.9 Å². The van der Waals surface area contributed by atoms with E-state index in [0.29, 0.717) is 17.4 Å². The Balaban J connectivity index is 3.42. The summed E-state index contributed by atoms with van der Waals surface area (Å²) in [6, 6.07) is 0. The van der Waals surface area contributed by atoms with Crippen LogP contribution in [0.25, 0.3) is 0 Å². The van der Waals surface area contributed by atoms with Gasteiger partial charge in [0.05, 0.1) is 21.1 Å². The zero-order chi connectivity index (χ0) is 27.1. The van der Waals surface area contributed by atoms with Crippen molar-refractivity contribution in [1.82, 2.24) is 0 Å². The Labute approximate surface area is 224 Å². The fraction of sp³-hybridized carbons (Fsp3) is 0.935. The second-order valence-corrected chi connectivity index (χ2v) is 12.5. The van der Waals surface area contributed by atoms with Crippen molar-refractivity contribution in [3.63, 3.8) is 0 Å². The maximum Gasteiger partial charge on any atom is 0.306 e. The van der Waals surface area contributed by atoms with Crippen molar-refractivity contribution in [3.8, 4) is 0 Å². The van der Waals surface area contributed by atoms with Gasteiger partial charge in [-0.2, -0.15) is 0 Å². The highest BCUT2D eigenvalue weighted by Crippen LogP contribution is 2.16. The second kappa shape index (κ2) is 23.0. The number of carboxylic acid groups (broad SMARTS) is 1. The first kappa shape index (κ1) is 34.9. The molecule has 0 aromatic carbocycles. The molecule has 0 aromatic heterocycles. The lowest BCUT2D eigenvalue weighted by atomic mass is 10.0. The van der Waals surface area contributed by atoms with Crippen molar-refractivity contribution in [1.29, 1.82) is 0 Å². The topological polar surface area (TPSA) is 66.4 Å². The minimum absolute atomic E-state index is 0.236. The van der Waals surface area contributed by atoms with Crippen LogP contribution in [0.1, 0.15) is 149 Å². The molecule has 0 bridgehead atoms. The van der Waals surface area contributed by atoms with Gasteiger partial charge in [0.2, 0.25) is 0 Å². The van der Waals surface area contributed by atoms with Crippen LogP contribution in [0.2, 0.25) is 0 Å². The van der Waals surface area contributed by atoms with E-state index in [9.17, 15) is 14.7 Å². The quantitative estimate of drug-likeness (QED) is 0.0699. The fourth-order valence-corrected chi connectivity index (χ4v) is 4.84. The molecule has 0 fully saturated rings. The molecule has 0 amide bonds. The SMILES string of the molecule is CC(C)CCCCCCCCCCCCCCCCCCCCC(=O)OC(CC(=O)[O-])C[N+](C)(C)C. The van der Waals surface area contributed by atoms with E-state index in [1.807, 2.05) is 21.1 Å². The predicted octanol–water partition coefficient (Wildman–Crippen LogP) is 7.20. The fourth-order valence-electron chi connectivity index (χ4n) is 4.84. The molecule has 0 radical (unpaired) electrons. The van der Waals surface area contributed by atoms with Crippen LogP contribution in [0.4, 0.5) is 0 Å². The Kier molecular flexibility index (Phi) is 22.3. The maximum atomic E-state index is 12.1. The summed E-state index contributed by atoms with van der Waals surface area (Å²) in [4.78, 5) is 23.0. The van der Waals surface area contributed by atoms with Gasteiger partial charge in [0.1, 0.15) is 6.54 Å². The van der Waals surface area contributed by atoms with E-state index in [-0.39, 0.29) is 12.4 Å². The number of carbonyl (C=O) groups excluding carboxylic acids is 2. The van der Waals surface area contributed by atoms with Gasteiger partial charge in [0.15, 0.2) is 6.10 Å². The summed E-state index contributed by atoms with van der Waals surface area (Å²) >= 11 is 0. The molecule has 5 heteroatoms. The van der Waals surface area contributed by atoms with Crippen LogP contribution in [-0.2, 0) is 14.3 Å². The highest BCUT2D eigenvalue weighted by Gasteiger charge is 2.22. The summed E-state index contributed by atoms with van der Waals surface area (Å²) < 4.78 is 5.95. The molecule has 0 saturated heterocycles. The molecule has 36 heavy (non-hydrogen) atoms. The van der Waals surface area contributed by atoms with Gasteiger partial charge in [-0.15, -0.1) is 0 Å². The number of quaternary nitrogens is 1. The van der Waals surface area contributed by atoms with Gasteiger partial charge >= 0.3 is 5.97 Å². The molecule has 0 spiro atoms. The number of nitrogens with zero attached hydrogens (tertiary/aromatic N) is 1. The number of carbonyl (C=O) groups is 2. The van der Waals surface area contributed by atoms with Gasteiger partial charge < -0.3 is 19.1 Å². The lowest BCUT2D eigenvalue weighted by Crippen LogP contribution is -2.45. The summed E-state index contributed by atoms with van der Waals surface area (Å²) in [6.45, 7) is 5.12. The number of likely N-dealkylation sites (N-methyl/N-ethyl adjacent to an activating group) is 1. The Morgan fingerprint density at radius 2 is 1.00 bits per heavy atom. The van der Waals surface area contributed by atoms with Crippen molar-refractivity contribution in [3.05, 3.63) is 0 Å². The molecule has 0 aliphatic carbocycles. The average Bonchev–Trinajstić information content (AvgIpc) is 2.75. The van der Waals surface area contributed by atoms with Crippen molar-refractivity contribution in [2.45, 2.75) is 155 Å². The van der Waals surface area contributed by atoms with E-state index in [2.05, 4.69) is 13.8 Å². The first-order chi connectivity index (χ1) is 17.1. The molecule has 0 N–H and O–H groups in total. The molecule has 0 rings (SSSR count). The molecule has 1 atom stereocenters. The summed E-state index contributed by atoms with van der Waals surface area (Å²) in [6.07, 6.45) is 24.7. The number of carboxylic acids is 1. The largest absolute Gasteiger partial charge is 0.550 e. The van der Waals surface area contributed by atoms with Crippen LogP contribution in [0, 0.1) is 5.92 Å². The van der Waals surface area contributed by atoms with Gasteiger partial charge in [-0.3, -0.25) is 4.79 Å². The number of unbranched alkanes of at least 4 members (excludes halogenated alkanes) is 17. The van der Waals surface area contributed by atoms with Gasteiger partial charge in [-0.05, 0) is 12.3 Å². The third-order valence-electron chi connectivity index (χ3n) is 6.86. The van der Waals surface area contributed by atoms with E-state index < -0.39 is 12.1 Å². The van der Waals surface area contributed by atoms with E-state index in [0.717, 1.165) is 25.2 Å². The predicted molar refractivity (Wildman–Crippen MR) is 150 cm³/mol. The normalized spacial score (nSPS) is 12.7. The number of esters is 1. The summed E-state index contributed by atoms with van der Waals surface area (Å²) in [7, 11) is 5.86. The molecule has 214 valence electrons. The Morgan fingerprint density at radius 1 is 0.639 bits per heavy atom. The summed E-state index contributed by atoms with van der Waals surface area (Å²) in [5.74, 6) is -0.592.